The third kappa shape index (κ3) is 5.64. The van der Waals surface area contributed by atoms with Gasteiger partial charge < -0.3 is 14.8 Å². The zero-order valence-corrected chi connectivity index (χ0v) is 13.0. The Hall–Kier alpha value is -1.13. The van der Waals surface area contributed by atoms with Gasteiger partial charge in [-0.15, -0.1) is 0 Å². The van der Waals surface area contributed by atoms with E-state index in [1.807, 2.05) is 0 Å². The zero-order valence-electron chi connectivity index (χ0n) is 13.0. The molecule has 21 heavy (non-hydrogen) atoms. The van der Waals surface area contributed by atoms with E-state index in [2.05, 4.69) is 19.2 Å². The Bertz CT molecular complexity index is 431. The predicted octanol–water partition coefficient (Wildman–Crippen LogP) is 3.66. The Morgan fingerprint density at radius 1 is 1.43 bits per heavy atom. The van der Waals surface area contributed by atoms with Crippen molar-refractivity contribution < 1.29 is 13.9 Å². The van der Waals surface area contributed by atoms with Crippen LogP contribution in [-0.2, 0) is 11.3 Å². The van der Waals surface area contributed by atoms with Crippen molar-refractivity contribution in [3.05, 3.63) is 29.6 Å². The molecule has 1 aliphatic heterocycles. The van der Waals surface area contributed by atoms with Crippen LogP contribution in [-0.4, -0.2) is 25.4 Å². The van der Waals surface area contributed by atoms with Crippen molar-refractivity contribution >= 4 is 0 Å². The molecule has 1 aromatic carbocycles. The van der Waals surface area contributed by atoms with Gasteiger partial charge in [-0.2, -0.15) is 0 Å². The Labute approximate surface area is 126 Å². The molecule has 1 atom stereocenters. The van der Waals surface area contributed by atoms with Gasteiger partial charge in [0.25, 0.3) is 0 Å². The van der Waals surface area contributed by atoms with Gasteiger partial charge in [0.05, 0.1) is 12.7 Å². The molecule has 0 saturated carbocycles. The van der Waals surface area contributed by atoms with Crippen LogP contribution in [0.2, 0.25) is 0 Å². The van der Waals surface area contributed by atoms with Gasteiger partial charge in [0, 0.05) is 24.8 Å². The van der Waals surface area contributed by atoms with Crippen LogP contribution < -0.4 is 10.1 Å². The van der Waals surface area contributed by atoms with Crippen molar-refractivity contribution in [1.29, 1.82) is 0 Å². The van der Waals surface area contributed by atoms with E-state index >= 15 is 0 Å². The van der Waals surface area contributed by atoms with Gasteiger partial charge in [0.15, 0.2) is 0 Å². The van der Waals surface area contributed by atoms with Crippen molar-refractivity contribution in [2.45, 2.75) is 58.2 Å². The first-order valence-electron chi connectivity index (χ1n) is 7.91. The molecular weight excluding hydrogens is 269 g/mol. The third-order valence-electron chi connectivity index (χ3n) is 3.68. The third-order valence-corrected chi connectivity index (χ3v) is 3.68. The molecule has 3 nitrogen and oxygen atoms in total. The van der Waals surface area contributed by atoms with Gasteiger partial charge in [-0.05, 0) is 43.9 Å². The lowest BCUT2D eigenvalue weighted by atomic mass is 10.1. The standard InChI is InChI=1S/C17H26FNO2/c1-13(2)19-12-14-11-15(18)7-8-17(14)21-10-4-6-16-5-3-9-20-16/h7-8,11,13,16,19H,3-6,9-10,12H2,1-2H3. The molecule has 0 amide bonds. The summed E-state index contributed by atoms with van der Waals surface area (Å²) >= 11 is 0. The molecule has 118 valence electrons. The summed E-state index contributed by atoms with van der Waals surface area (Å²) in [7, 11) is 0. The van der Waals surface area contributed by atoms with Crippen LogP contribution in [0.5, 0.6) is 5.75 Å². The largest absolute Gasteiger partial charge is 0.493 e. The monoisotopic (exact) mass is 295 g/mol. The normalized spacial score (nSPS) is 18.4. The van der Waals surface area contributed by atoms with E-state index in [0.717, 1.165) is 30.8 Å². The van der Waals surface area contributed by atoms with Crippen molar-refractivity contribution in [3.63, 3.8) is 0 Å². The van der Waals surface area contributed by atoms with Crippen molar-refractivity contribution in [2.75, 3.05) is 13.2 Å². The molecule has 1 N–H and O–H groups in total. The number of benzene rings is 1. The number of halogens is 1. The summed E-state index contributed by atoms with van der Waals surface area (Å²) in [5, 5.41) is 3.30. The molecule has 0 spiro atoms. The molecule has 0 aliphatic carbocycles. The van der Waals surface area contributed by atoms with Crippen molar-refractivity contribution in [3.8, 4) is 5.75 Å². The molecule has 0 aromatic heterocycles. The lowest BCUT2D eigenvalue weighted by molar-refractivity contribution is 0.0981. The summed E-state index contributed by atoms with van der Waals surface area (Å²) in [5.74, 6) is 0.555. The lowest BCUT2D eigenvalue weighted by Gasteiger charge is -2.15. The SMILES string of the molecule is CC(C)NCc1cc(F)ccc1OCCCC1CCCO1. The van der Waals surface area contributed by atoms with Crippen LogP contribution >= 0.6 is 0 Å². The minimum atomic E-state index is -0.220. The molecule has 1 aromatic rings. The maximum atomic E-state index is 13.4. The molecule has 1 fully saturated rings. The molecule has 1 unspecified atom stereocenters. The Balaban J connectivity index is 1.80. The molecule has 1 aliphatic rings. The molecule has 2 rings (SSSR count). The summed E-state index contributed by atoms with van der Waals surface area (Å²) in [4.78, 5) is 0. The van der Waals surface area contributed by atoms with Gasteiger partial charge in [-0.3, -0.25) is 0 Å². The topological polar surface area (TPSA) is 30.5 Å². The number of hydrogen-bond acceptors (Lipinski definition) is 3. The molecular formula is C17H26FNO2. The van der Waals surface area contributed by atoms with E-state index in [4.69, 9.17) is 9.47 Å². The smallest absolute Gasteiger partial charge is 0.123 e. The fraction of sp³-hybridized carbons (Fsp3) is 0.647. The Morgan fingerprint density at radius 2 is 2.29 bits per heavy atom. The average Bonchev–Trinajstić information content (AvgIpc) is 2.96. The quantitative estimate of drug-likeness (QED) is 0.742. The second-order valence-electron chi connectivity index (χ2n) is 5.91. The fourth-order valence-corrected chi connectivity index (χ4v) is 2.51. The van der Waals surface area contributed by atoms with Crippen molar-refractivity contribution in [2.24, 2.45) is 0 Å². The number of ether oxygens (including phenoxy) is 2. The molecule has 0 radical (unpaired) electrons. The summed E-state index contributed by atoms with van der Waals surface area (Å²) in [5.41, 5.74) is 0.876. The van der Waals surface area contributed by atoms with E-state index in [1.54, 1.807) is 12.1 Å². The minimum absolute atomic E-state index is 0.220. The highest BCUT2D eigenvalue weighted by Gasteiger charge is 2.14. The summed E-state index contributed by atoms with van der Waals surface area (Å²) in [6.45, 7) is 6.31. The average molecular weight is 295 g/mol. The summed E-state index contributed by atoms with van der Waals surface area (Å²) in [6.07, 6.45) is 4.76. The maximum Gasteiger partial charge on any atom is 0.123 e. The molecule has 1 heterocycles. The van der Waals surface area contributed by atoms with Gasteiger partial charge in [-0.25, -0.2) is 4.39 Å². The van der Waals surface area contributed by atoms with E-state index in [0.29, 0.717) is 25.3 Å². The molecule has 1 saturated heterocycles. The highest BCUT2D eigenvalue weighted by molar-refractivity contribution is 5.34. The highest BCUT2D eigenvalue weighted by atomic mass is 19.1. The number of nitrogens with one attached hydrogen (secondary N) is 1. The minimum Gasteiger partial charge on any atom is -0.493 e. The zero-order chi connectivity index (χ0) is 15.1. The van der Waals surface area contributed by atoms with Gasteiger partial charge in [0.2, 0.25) is 0 Å². The Kier molecular flexibility index (Phi) is 6.46. The van der Waals surface area contributed by atoms with E-state index in [1.165, 1.54) is 18.9 Å². The van der Waals surface area contributed by atoms with E-state index < -0.39 is 0 Å². The fourth-order valence-electron chi connectivity index (χ4n) is 2.51. The summed E-state index contributed by atoms with van der Waals surface area (Å²) < 4.78 is 24.8. The summed E-state index contributed by atoms with van der Waals surface area (Å²) in [6, 6.07) is 5.08. The first-order chi connectivity index (χ1) is 10.1. The van der Waals surface area contributed by atoms with E-state index in [9.17, 15) is 4.39 Å². The first-order valence-corrected chi connectivity index (χ1v) is 7.91. The highest BCUT2D eigenvalue weighted by Crippen LogP contribution is 2.21. The van der Waals surface area contributed by atoms with Crippen molar-refractivity contribution in [1.82, 2.24) is 5.32 Å². The second kappa shape index (κ2) is 8.35. The van der Waals surface area contributed by atoms with Crippen LogP contribution in [0.4, 0.5) is 4.39 Å². The van der Waals surface area contributed by atoms with Gasteiger partial charge in [-0.1, -0.05) is 13.8 Å². The predicted molar refractivity (Wildman–Crippen MR) is 82.1 cm³/mol. The molecule has 4 heteroatoms. The van der Waals surface area contributed by atoms with Crippen LogP contribution in [0.15, 0.2) is 18.2 Å². The van der Waals surface area contributed by atoms with Gasteiger partial charge in [0.1, 0.15) is 11.6 Å². The first kappa shape index (κ1) is 16.2. The van der Waals surface area contributed by atoms with Gasteiger partial charge >= 0.3 is 0 Å². The lowest BCUT2D eigenvalue weighted by Crippen LogP contribution is -2.22. The Morgan fingerprint density at radius 3 is 3.00 bits per heavy atom. The molecule has 0 bridgehead atoms. The van der Waals surface area contributed by atoms with E-state index in [-0.39, 0.29) is 5.82 Å². The number of hydrogen-bond donors (Lipinski definition) is 1. The number of rotatable bonds is 8. The van der Waals surface area contributed by atoms with Crippen LogP contribution in [0.25, 0.3) is 0 Å². The van der Waals surface area contributed by atoms with Crippen LogP contribution in [0.3, 0.4) is 0 Å². The second-order valence-corrected chi connectivity index (χ2v) is 5.91. The van der Waals surface area contributed by atoms with Crippen LogP contribution in [0, 0.1) is 5.82 Å². The van der Waals surface area contributed by atoms with Crippen LogP contribution in [0.1, 0.15) is 45.1 Å². The maximum absolute atomic E-state index is 13.4.